The van der Waals surface area contributed by atoms with E-state index in [0.717, 1.165) is 37.1 Å². The maximum absolute atomic E-state index is 11.0. The quantitative estimate of drug-likeness (QED) is 0.630. The number of nitro benzene ring substituents is 1. The summed E-state index contributed by atoms with van der Waals surface area (Å²) in [6, 6.07) is 6.08. The first-order valence-electron chi connectivity index (χ1n) is 6.91. The lowest BCUT2D eigenvalue weighted by atomic mass is 10.0. The van der Waals surface area contributed by atoms with Gasteiger partial charge in [0, 0.05) is 24.2 Å². The number of piperidine rings is 1. The minimum atomic E-state index is -0.285. The number of hydrogen-bond donors (Lipinski definition) is 2. The van der Waals surface area contributed by atoms with E-state index in [1.807, 2.05) is 19.1 Å². The highest BCUT2D eigenvalue weighted by molar-refractivity contribution is 5.43. The molecular formula is C14H21N3O2. The van der Waals surface area contributed by atoms with Crippen molar-refractivity contribution in [2.45, 2.75) is 38.8 Å². The molecule has 1 aromatic carbocycles. The Kier molecular flexibility index (Phi) is 4.87. The van der Waals surface area contributed by atoms with Gasteiger partial charge in [0.05, 0.1) is 4.92 Å². The van der Waals surface area contributed by atoms with Crippen molar-refractivity contribution in [2.75, 3.05) is 13.1 Å². The first kappa shape index (κ1) is 14.0. The van der Waals surface area contributed by atoms with Gasteiger partial charge in [0.15, 0.2) is 0 Å². The van der Waals surface area contributed by atoms with Crippen molar-refractivity contribution in [1.82, 2.24) is 10.6 Å². The first-order chi connectivity index (χ1) is 9.20. The van der Waals surface area contributed by atoms with Gasteiger partial charge in [0.2, 0.25) is 0 Å². The van der Waals surface area contributed by atoms with Gasteiger partial charge in [0.1, 0.15) is 0 Å². The molecule has 2 rings (SSSR count). The fourth-order valence-corrected chi connectivity index (χ4v) is 2.48. The second-order valence-electron chi connectivity index (χ2n) is 4.98. The molecule has 1 saturated heterocycles. The predicted octanol–water partition coefficient (Wildman–Crippen LogP) is 2.00. The Morgan fingerprint density at radius 3 is 2.79 bits per heavy atom. The summed E-state index contributed by atoms with van der Waals surface area (Å²) >= 11 is 0. The molecule has 1 aromatic rings. The third-order valence-electron chi connectivity index (χ3n) is 3.66. The van der Waals surface area contributed by atoms with Gasteiger partial charge in [0.25, 0.3) is 5.69 Å². The Balaban J connectivity index is 2.00. The van der Waals surface area contributed by atoms with Crippen LogP contribution in [-0.4, -0.2) is 24.1 Å². The predicted molar refractivity (Wildman–Crippen MR) is 75.2 cm³/mol. The summed E-state index contributed by atoms with van der Waals surface area (Å²) in [5, 5.41) is 17.8. The molecule has 0 radical (unpaired) electrons. The van der Waals surface area contributed by atoms with Crippen LogP contribution in [0.4, 0.5) is 5.69 Å². The number of aryl methyl sites for hydroxylation is 1. The minimum Gasteiger partial charge on any atom is -0.317 e. The van der Waals surface area contributed by atoms with Crippen molar-refractivity contribution in [3.8, 4) is 0 Å². The lowest BCUT2D eigenvalue weighted by molar-refractivity contribution is -0.385. The Hall–Kier alpha value is -1.46. The third-order valence-corrected chi connectivity index (χ3v) is 3.66. The Labute approximate surface area is 113 Å². The fraction of sp³-hybridized carbons (Fsp3) is 0.571. The van der Waals surface area contributed by atoms with E-state index in [-0.39, 0.29) is 10.6 Å². The monoisotopic (exact) mass is 263 g/mol. The van der Waals surface area contributed by atoms with E-state index >= 15 is 0 Å². The summed E-state index contributed by atoms with van der Waals surface area (Å²) in [6.07, 6.45) is 2.93. The zero-order valence-corrected chi connectivity index (χ0v) is 11.3. The molecule has 5 nitrogen and oxygen atoms in total. The average molecular weight is 263 g/mol. The molecule has 0 unspecified atom stereocenters. The van der Waals surface area contributed by atoms with Crippen LogP contribution in [0, 0.1) is 10.1 Å². The van der Waals surface area contributed by atoms with Gasteiger partial charge in [-0.25, -0.2) is 0 Å². The van der Waals surface area contributed by atoms with Crippen LogP contribution >= 0.6 is 0 Å². The van der Waals surface area contributed by atoms with Crippen LogP contribution in [-0.2, 0) is 13.0 Å². The van der Waals surface area contributed by atoms with Crippen molar-refractivity contribution in [3.05, 3.63) is 39.4 Å². The maximum Gasteiger partial charge on any atom is 0.272 e. The second-order valence-corrected chi connectivity index (χ2v) is 4.98. The Morgan fingerprint density at radius 2 is 2.16 bits per heavy atom. The summed E-state index contributed by atoms with van der Waals surface area (Å²) in [5.41, 5.74) is 2.03. The van der Waals surface area contributed by atoms with Gasteiger partial charge < -0.3 is 10.6 Å². The zero-order valence-electron chi connectivity index (χ0n) is 11.3. The van der Waals surface area contributed by atoms with Crippen molar-refractivity contribution in [3.63, 3.8) is 0 Å². The molecule has 1 aliphatic heterocycles. The van der Waals surface area contributed by atoms with Crippen molar-refractivity contribution < 1.29 is 4.92 Å². The highest BCUT2D eigenvalue weighted by atomic mass is 16.6. The zero-order chi connectivity index (χ0) is 13.7. The highest BCUT2D eigenvalue weighted by Crippen LogP contribution is 2.21. The molecule has 104 valence electrons. The molecular weight excluding hydrogens is 242 g/mol. The smallest absolute Gasteiger partial charge is 0.272 e. The summed E-state index contributed by atoms with van der Waals surface area (Å²) in [7, 11) is 0. The Bertz CT molecular complexity index is 442. The average Bonchev–Trinajstić information content (AvgIpc) is 2.46. The van der Waals surface area contributed by atoms with Gasteiger partial charge in [-0.3, -0.25) is 10.1 Å². The van der Waals surface area contributed by atoms with Gasteiger partial charge >= 0.3 is 0 Å². The molecule has 19 heavy (non-hydrogen) atoms. The van der Waals surface area contributed by atoms with Crippen LogP contribution in [0.1, 0.15) is 30.9 Å². The summed E-state index contributed by atoms with van der Waals surface area (Å²) < 4.78 is 0. The van der Waals surface area contributed by atoms with E-state index in [1.165, 1.54) is 0 Å². The van der Waals surface area contributed by atoms with Crippen molar-refractivity contribution >= 4 is 5.69 Å². The summed E-state index contributed by atoms with van der Waals surface area (Å²) in [5.74, 6) is 0. The van der Waals surface area contributed by atoms with Gasteiger partial charge in [-0.05, 0) is 37.9 Å². The Morgan fingerprint density at radius 1 is 1.42 bits per heavy atom. The van der Waals surface area contributed by atoms with E-state index in [2.05, 4.69) is 10.6 Å². The van der Waals surface area contributed by atoms with Crippen LogP contribution < -0.4 is 10.6 Å². The van der Waals surface area contributed by atoms with E-state index in [9.17, 15) is 10.1 Å². The molecule has 0 atom stereocenters. The van der Waals surface area contributed by atoms with Crippen LogP contribution in [0.2, 0.25) is 0 Å². The number of rotatable bonds is 5. The first-order valence-corrected chi connectivity index (χ1v) is 6.91. The molecule has 0 bridgehead atoms. The number of nitrogens with one attached hydrogen (secondary N) is 2. The molecule has 0 aromatic heterocycles. The highest BCUT2D eigenvalue weighted by Gasteiger charge is 2.15. The normalized spacial score (nSPS) is 16.5. The molecule has 5 heteroatoms. The van der Waals surface area contributed by atoms with Crippen molar-refractivity contribution in [1.29, 1.82) is 0 Å². The number of nitrogens with zero attached hydrogens (tertiary/aromatic N) is 1. The SMILES string of the molecule is CCc1ccc(CNC2CCNCC2)cc1[N+](=O)[O-]. The molecule has 2 N–H and O–H groups in total. The third kappa shape index (κ3) is 3.75. The van der Waals surface area contributed by atoms with Gasteiger partial charge in [-0.1, -0.05) is 19.1 Å². The standard InChI is InChI=1S/C14H21N3O2/c1-2-12-4-3-11(9-14(12)17(18)19)10-16-13-5-7-15-8-6-13/h3-4,9,13,15-16H,2,5-8,10H2,1H3. The number of hydrogen-bond acceptors (Lipinski definition) is 4. The van der Waals surface area contributed by atoms with Crippen LogP contribution in [0.15, 0.2) is 18.2 Å². The van der Waals surface area contributed by atoms with Crippen LogP contribution in [0.3, 0.4) is 0 Å². The topological polar surface area (TPSA) is 67.2 Å². The van der Waals surface area contributed by atoms with E-state index < -0.39 is 0 Å². The lowest BCUT2D eigenvalue weighted by Gasteiger charge is -2.23. The largest absolute Gasteiger partial charge is 0.317 e. The molecule has 0 amide bonds. The minimum absolute atomic E-state index is 0.243. The van der Waals surface area contributed by atoms with Crippen molar-refractivity contribution in [2.24, 2.45) is 0 Å². The van der Waals surface area contributed by atoms with Gasteiger partial charge in [-0.15, -0.1) is 0 Å². The van der Waals surface area contributed by atoms with E-state index in [4.69, 9.17) is 0 Å². The molecule has 0 saturated carbocycles. The number of nitro groups is 1. The maximum atomic E-state index is 11.0. The molecule has 1 aliphatic rings. The van der Waals surface area contributed by atoms with E-state index in [1.54, 1.807) is 6.07 Å². The molecule has 1 fully saturated rings. The molecule has 0 aliphatic carbocycles. The fourth-order valence-electron chi connectivity index (χ4n) is 2.48. The molecule has 0 spiro atoms. The van der Waals surface area contributed by atoms with E-state index in [0.29, 0.717) is 19.0 Å². The second kappa shape index (κ2) is 6.63. The lowest BCUT2D eigenvalue weighted by Crippen LogP contribution is -2.39. The molecule has 1 heterocycles. The summed E-state index contributed by atoms with van der Waals surface area (Å²) in [6.45, 7) is 4.74. The number of benzene rings is 1. The van der Waals surface area contributed by atoms with Gasteiger partial charge in [-0.2, -0.15) is 0 Å². The van der Waals surface area contributed by atoms with Crippen LogP contribution in [0.5, 0.6) is 0 Å². The van der Waals surface area contributed by atoms with Crippen LogP contribution in [0.25, 0.3) is 0 Å². The summed E-state index contributed by atoms with van der Waals surface area (Å²) in [4.78, 5) is 10.7.